The van der Waals surface area contributed by atoms with Gasteiger partial charge < -0.3 is 4.74 Å². The zero-order valence-corrected chi connectivity index (χ0v) is 12.7. The molecule has 1 aliphatic rings. The minimum Gasteiger partial charge on any atom is -0.496 e. The largest absolute Gasteiger partial charge is 0.496 e. The number of aryl methyl sites for hydroxylation is 1. The van der Waals surface area contributed by atoms with Gasteiger partial charge in [0.1, 0.15) is 5.75 Å². The van der Waals surface area contributed by atoms with Gasteiger partial charge in [0.15, 0.2) is 0 Å². The molecule has 0 amide bonds. The number of hydrogen-bond acceptors (Lipinski definition) is 3. The van der Waals surface area contributed by atoms with Crippen LogP contribution in [0.4, 0.5) is 0 Å². The molecule has 3 aromatic carbocycles. The van der Waals surface area contributed by atoms with E-state index in [-0.39, 0.29) is 5.12 Å². The van der Waals surface area contributed by atoms with Crippen molar-refractivity contribution in [2.75, 3.05) is 7.11 Å². The third kappa shape index (κ3) is 1.70. The van der Waals surface area contributed by atoms with Gasteiger partial charge in [-0.2, -0.15) is 0 Å². The van der Waals surface area contributed by atoms with Gasteiger partial charge in [0.05, 0.1) is 7.11 Å². The molecule has 0 saturated heterocycles. The number of carbonyl (C=O) groups excluding carboxylic acids is 1. The third-order valence-corrected chi connectivity index (χ3v) is 5.17. The van der Waals surface area contributed by atoms with Crippen LogP contribution < -0.4 is 4.74 Å². The SMILES string of the molecule is CCc1ccc2cc3c(OC)ccc4c3c(c2c1)SC4=O. The Hall–Kier alpha value is -2.00. The number of hydrogen-bond donors (Lipinski definition) is 0. The van der Waals surface area contributed by atoms with Gasteiger partial charge >= 0.3 is 0 Å². The molecule has 0 N–H and O–H groups in total. The Morgan fingerprint density at radius 3 is 2.71 bits per heavy atom. The molecule has 0 aromatic heterocycles. The summed E-state index contributed by atoms with van der Waals surface area (Å²) in [5.74, 6) is 0.826. The number of rotatable bonds is 2. The first-order valence-electron chi connectivity index (χ1n) is 7.01. The van der Waals surface area contributed by atoms with Crippen molar-refractivity contribution in [1.82, 2.24) is 0 Å². The van der Waals surface area contributed by atoms with E-state index in [1.54, 1.807) is 7.11 Å². The smallest absolute Gasteiger partial charge is 0.224 e. The fourth-order valence-corrected chi connectivity index (χ4v) is 4.10. The first-order chi connectivity index (χ1) is 10.2. The molecule has 4 rings (SSSR count). The van der Waals surface area contributed by atoms with Crippen LogP contribution in [0.1, 0.15) is 22.8 Å². The molecular weight excluding hydrogens is 280 g/mol. The molecule has 0 bridgehead atoms. The van der Waals surface area contributed by atoms with Gasteiger partial charge in [-0.25, -0.2) is 0 Å². The lowest BCUT2D eigenvalue weighted by molar-refractivity contribution is 0.109. The number of fused-ring (bicyclic) bond motifs is 2. The summed E-state index contributed by atoms with van der Waals surface area (Å²) in [6, 6.07) is 12.4. The average molecular weight is 294 g/mol. The Kier molecular flexibility index (Phi) is 2.73. The van der Waals surface area contributed by atoms with Gasteiger partial charge in [0.2, 0.25) is 5.12 Å². The maximum atomic E-state index is 12.3. The van der Waals surface area contributed by atoms with Crippen LogP contribution >= 0.6 is 11.8 Å². The van der Waals surface area contributed by atoms with E-state index in [1.807, 2.05) is 12.1 Å². The normalized spacial score (nSPS) is 13.3. The van der Waals surface area contributed by atoms with Crippen molar-refractivity contribution < 1.29 is 9.53 Å². The molecule has 3 heteroatoms. The Morgan fingerprint density at radius 1 is 1.10 bits per heavy atom. The molecular formula is C18H14O2S. The molecule has 0 atom stereocenters. The summed E-state index contributed by atoms with van der Waals surface area (Å²) >= 11 is 1.34. The van der Waals surface area contributed by atoms with Gasteiger partial charge in [0, 0.05) is 21.2 Å². The molecule has 0 spiro atoms. The Balaban J connectivity index is 2.21. The van der Waals surface area contributed by atoms with Crippen LogP contribution in [0.2, 0.25) is 0 Å². The van der Waals surface area contributed by atoms with Crippen LogP contribution in [0.25, 0.3) is 21.5 Å². The molecule has 104 valence electrons. The van der Waals surface area contributed by atoms with Gasteiger partial charge in [-0.15, -0.1) is 0 Å². The standard InChI is InChI=1S/C18H14O2S/c1-3-10-4-5-11-9-14-15(20-2)7-6-12-16(14)17(13(11)8-10)21-18(12)19/h4-9H,3H2,1-2H3. The van der Waals surface area contributed by atoms with Crippen molar-refractivity contribution in [1.29, 1.82) is 0 Å². The average Bonchev–Trinajstić information content (AvgIpc) is 2.86. The second-order valence-electron chi connectivity index (χ2n) is 5.24. The highest BCUT2D eigenvalue weighted by Crippen LogP contribution is 2.47. The molecule has 21 heavy (non-hydrogen) atoms. The summed E-state index contributed by atoms with van der Waals surface area (Å²) in [6.07, 6.45) is 0.997. The summed E-state index contributed by atoms with van der Waals surface area (Å²) in [5, 5.41) is 4.54. The quantitative estimate of drug-likeness (QED) is 0.634. The lowest BCUT2D eigenvalue weighted by Crippen LogP contribution is -1.90. The summed E-state index contributed by atoms with van der Waals surface area (Å²) in [5.41, 5.74) is 2.09. The maximum absolute atomic E-state index is 12.3. The van der Waals surface area contributed by atoms with Crippen LogP contribution in [-0.4, -0.2) is 12.2 Å². The van der Waals surface area contributed by atoms with E-state index < -0.39 is 0 Å². The zero-order chi connectivity index (χ0) is 14.6. The number of thioether (sulfide) groups is 1. The number of ether oxygens (including phenoxy) is 1. The lowest BCUT2D eigenvalue weighted by Gasteiger charge is -2.10. The van der Waals surface area contributed by atoms with Gasteiger partial charge in [-0.3, -0.25) is 4.79 Å². The molecule has 1 heterocycles. The zero-order valence-electron chi connectivity index (χ0n) is 11.9. The molecule has 0 saturated carbocycles. The minimum absolute atomic E-state index is 0.132. The molecule has 0 aliphatic carbocycles. The second-order valence-corrected chi connectivity index (χ2v) is 6.23. The van der Waals surface area contributed by atoms with Gasteiger partial charge in [-0.05, 0) is 52.7 Å². The fourth-order valence-electron chi connectivity index (χ4n) is 3.03. The first-order valence-corrected chi connectivity index (χ1v) is 7.83. The Morgan fingerprint density at radius 2 is 1.95 bits per heavy atom. The van der Waals surface area contributed by atoms with Crippen molar-refractivity contribution in [3.63, 3.8) is 0 Å². The lowest BCUT2D eigenvalue weighted by atomic mass is 9.98. The number of carbonyl (C=O) groups is 1. The van der Waals surface area contributed by atoms with E-state index in [0.29, 0.717) is 0 Å². The van der Waals surface area contributed by atoms with E-state index >= 15 is 0 Å². The van der Waals surface area contributed by atoms with Crippen LogP contribution in [0.15, 0.2) is 41.3 Å². The van der Waals surface area contributed by atoms with Crippen LogP contribution in [0, 0.1) is 0 Å². The summed E-state index contributed by atoms with van der Waals surface area (Å²) in [6.45, 7) is 2.15. The monoisotopic (exact) mass is 294 g/mol. The second kappa shape index (κ2) is 4.50. The summed E-state index contributed by atoms with van der Waals surface area (Å²) in [7, 11) is 1.67. The topological polar surface area (TPSA) is 26.3 Å². The van der Waals surface area contributed by atoms with Gasteiger partial charge in [-0.1, -0.05) is 25.1 Å². The molecule has 3 aromatic rings. The van der Waals surface area contributed by atoms with E-state index in [4.69, 9.17) is 4.74 Å². The predicted molar refractivity (Wildman–Crippen MR) is 87.6 cm³/mol. The van der Waals surface area contributed by atoms with Crippen molar-refractivity contribution in [2.24, 2.45) is 0 Å². The van der Waals surface area contributed by atoms with E-state index in [2.05, 4.69) is 31.2 Å². The minimum atomic E-state index is 0.132. The van der Waals surface area contributed by atoms with Crippen LogP contribution in [-0.2, 0) is 6.42 Å². The Labute approximate surface area is 127 Å². The summed E-state index contributed by atoms with van der Waals surface area (Å²) in [4.78, 5) is 13.3. The molecule has 0 radical (unpaired) electrons. The van der Waals surface area contributed by atoms with Gasteiger partial charge in [0.25, 0.3) is 0 Å². The number of benzene rings is 3. The fraction of sp³-hybridized carbons (Fsp3) is 0.167. The molecule has 2 nitrogen and oxygen atoms in total. The number of methoxy groups -OCH3 is 1. The predicted octanol–water partition coefficient (Wildman–Crippen LogP) is 4.81. The van der Waals surface area contributed by atoms with E-state index in [0.717, 1.165) is 38.8 Å². The van der Waals surface area contributed by atoms with Crippen LogP contribution in [0.5, 0.6) is 5.75 Å². The maximum Gasteiger partial charge on any atom is 0.224 e. The molecule has 0 unspecified atom stereocenters. The Bertz CT molecular complexity index is 912. The highest BCUT2D eigenvalue weighted by Gasteiger charge is 2.26. The van der Waals surface area contributed by atoms with Crippen molar-refractivity contribution in [3.05, 3.63) is 47.5 Å². The first kappa shape index (κ1) is 12.7. The van der Waals surface area contributed by atoms with Crippen molar-refractivity contribution in [3.8, 4) is 5.75 Å². The van der Waals surface area contributed by atoms with Crippen LogP contribution in [0.3, 0.4) is 0 Å². The van der Waals surface area contributed by atoms with E-state index in [9.17, 15) is 4.79 Å². The van der Waals surface area contributed by atoms with E-state index in [1.165, 1.54) is 22.7 Å². The molecule has 1 aliphatic heterocycles. The summed E-state index contributed by atoms with van der Waals surface area (Å²) < 4.78 is 5.47. The molecule has 0 fully saturated rings. The van der Waals surface area contributed by atoms with Crippen molar-refractivity contribution in [2.45, 2.75) is 18.2 Å². The highest BCUT2D eigenvalue weighted by molar-refractivity contribution is 8.15. The van der Waals surface area contributed by atoms with Crippen molar-refractivity contribution >= 4 is 38.4 Å². The third-order valence-electron chi connectivity index (χ3n) is 4.14. The highest BCUT2D eigenvalue weighted by atomic mass is 32.2.